The van der Waals surface area contributed by atoms with Crippen molar-refractivity contribution in [3.8, 4) is 0 Å². The lowest BCUT2D eigenvalue weighted by molar-refractivity contribution is 0.306. The molecular weight excluding hydrogens is 132 g/mol. The summed E-state index contributed by atoms with van der Waals surface area (Å²) in [5.41, 5.74) is 0. The standard InChI is InChI=1S/C11H20/c1-3-4-8-11-9-6-5-7-10(11)2/h4,8,10-11H,3,5-7,9H2,1-2H3/b8-4+/t10?,11-/m0/s1. The van der Waals surface area contributed by atoms with Gasteiger partial charge in [0, 0.05) is 0 Å². The Morgan fingerprint density at radius 3 is 2.64 bits per heavy atom. The lowest BCUT2D eigenvalue weighted by Gasteiger charge is -2.25. The van der Waals surface area contributed by atoms with Gasteiger partial charge in [0.05, 0.1) is 0 Å². The van der Waals surface area contributed by atoms with Gasteiger partial charge in [0.2, 0.25) is 0 Å². The average Bonchev–Trinajstić information content (AvgIpc) is 2.03. The summed E-state index contributed by atoms with van der Waals surface area (Å²) in [5, 5.41) is 0. The first-order chi connectivity index (χ1) is 5.34. The molecule has 0 radical (unpaired) electrons. The SMILES string of the molecule is CC/C=C/[C@H]1CCCCC1C. The van der Waals surface area contributed by atoms with Crippen LogP contribution >= 0.6 is 0 Å². The molecule has 1 fully saturated rings. The maximum absolute atomic E-state index is 2.43. The third-order valence-corrected chi connectivity index (χ3v) is 2.80. The molecule has 1 saturated carbocycles. The molecule has 1 rings (SSSR count). The Morgan fingerprint density at radius 2 is 2.00 bits per heavy atom. The van der Waals surface area contributed by atoms with Gasteiger partial charge in [0.1, 0.15) is 0 Å². The Balaban J connectivity index is 2.35. The highest BCUT2D eigenvalue weighted by Gasteiger charge is 2.17. The van der Waals surface area contributed by atoms with Crippen LogP contribution in [0, 0.1) is 11.8 Å². The van der Waals surface area contributed by atoms with Gasteiger partial charge in [-0.05, 0) is 24.7 Å². The summed E-state index contributed by atoms with van der Waals surface area (Å²) in [6, 6.07) is 0. The number of hydrogen-bond acceptors (Lipinski definition) is 0. The minimum Gasteiger partial charge on any atom is -0.0885 e. The molecule has 0 aromatic heterocycles. The highest BCUT2D eigenvalue weighted by Crippen LogP contribution is 2.30. The molecule has 0 bridgehead atoms. The number of rotatable bonds is 2. The van der Waals surface area contributed by atoms with Crippen molar-refractivity contribution in [1.29, 1.82) is 0 Å². The molecule has 1 aliphatic rings. The van der Waals surface area contributed by atoms with Crippen molar-refractivity contribution >= 4 is 0 Å². The van der Waals surface area contributed by atoms with E-state index >= 15 is 0 Å². The van der Waals surface area contributed by atoms with Crippen LogP contribution in [0.15, 0.2) is 12.2 Å². The Bertz CT molecular complexity index is 124. The van der Waals surface area contributed by atoms with Crippen molar-refractivity contribution in [2.24, 2.45) is 11.8 Å². The minimum atomic E-state index is 0.892. The van der Waals surface area contributed by atoms with Gasteiger partial charge < -0.3 is 0 Å². The molecule has 0 aliphatic heterocycles. The molecule has 1 unspecified atom stereocenters. The summed E-state index contributed by atoms with van der Waals surface area (Å²) in [5.74, 6) is 1.83. The molecule has 0 aromatic carbocycles. The quantitative estimate of drug-likeness (QED) is 0.528. The Hall–Kier alpha value is -0.260. The second-order valence-corrected chi connectivity index (χ2v) is 3.76. The highest BCUT2D eigenvalue weighted by atomic mass is 14.2. The molecule has 0 nitrogen and oxygen atoms in total. The molecule has 0 heterocycles. The second kappa shape index (κ2) is 4.58. The summed E-state index contributed by atoms with van der Waals surface area (Å²) < 4.78 is 0. The van der Waals surface area contributed by atoms with Crippen molar-refractivity contribution in [2.45, 2.75) is 46.0 Å². The molecule has 2 atom stereocenters. The summed E-state index contributed by atoms with van der Waals surface area (Å²) >= 11 is 0. The lowest BCUT2D eigenvalue weighted by Crippen LogP contribution is -2.13. The van der Waals surface area contributed by atoms with Crippen molar-refractivity contribution in [2.75, 3.05) is 0 Å². The first-order valence-electron chi connectivity index (χ1n) is 5.01. The van der Waals surface area contributed by atoms with Crippen LogP contribution in [0.1, 0.15) is 46.0 Å². The largest absolute Gasteiger partial charge is 0.0885 e. The first kappa shape index (κ1) is 8.83. The van der Waals surface area contributed by atoms with Gasteiger partial charge in [-0.1, -0.05) is 45.3 Å². The summed E-state index contributed by atoms with van der Waals surface area (Å²) in [7, 11) is 0. The molecule has 0 N–H and O–H groups in total. The van der Waals surface area contributed by atoms with E-state index in [1.807, 2.05) is 0 Å². The van der Waals surface area contributed by atoms with Crippen molar-refractivity contribution in [3.05, 3.63) is 12.2 Å². The third-order valence-electron chi connectivity index (χ3n) is 2.80. The van der Waals surface area contributed by atoms with Crippen LogP contribution in [-0.2, 0) is 0 Å². The second-order valence-electron chi connectivity index (χ2n) is 3.76. The fraction of sp³-hybridized carbons (Fsp3) is 0.818. The monoisotopic (exact) mass is 152 g/mol. The van der Waals surface area contributed by atoms with E-state index in [4.69, 9.17) is 0 Å². The smallest absolute Gasteiger partial charge is 0.0208 e. The van der Waals surface area contributed by atoms with Gasteiger partial charge in [0.25, 0.3) is 0 Å². The molecule has 0 amide bonds. The van der Waals surface area contributed by atoms with Gasteiger partial charge >= 0.3 is 0 Å². The van der Waals surface area contributed by atoms with Gasteiger partial charge in [-0.25, -0.2) is 0 Å². The highest BCUT2D eigenvalue weighted by molar-refractivity contribution is 4.91. The molecule has 0 aromatic rings. The van der Waals surface area contributed by atoms with E-state index in [1.165, 1.54) is 32.1 Å². The van der Waals surface area contributed by atoms with Gasteiger partial charge in [-0.15, -0.1) is 0 Å². The topological polar surface area (TPSA) is 0 Å². The van der Waals surface area contributed by atoms with Crippen LogP contribution in [0.5, 0.6) is 0 Å². The molecule has 64 valence electrons. The summed E-state index contributed by atoms with van der Waals surface area (Å²) in [6.07, 6.45) is 11.7. The lowest BCUT2D eigenvalue weighted by atomic mass is 9.80. The van der Waals surface area contributed by atoms with E-state index in [-0.39, 0.29) is 0 Å². The maximum atomic E-state index is 2.43. The van der Waals surface area contributed by atoms with Crippen LogP contribution in [0.4, 0.5) is 0 Å². The molecule has 11 heavy (non-hydrogen) atoms. The van der Waals surface area contributed by atoms with E-state index in [9.17, 15) is 0 Å². The predicted molar refractivity (Wildman–Crippen MR) is 50.6 cm³/mol. The molecule has 0 heteroatoms. The van der Waals surface area contributed by atoms with Crippen LogP contribution in [0.2, 0.25) is 0 Å². The Morgan fingerprint density at radius 1 is 1.27 bits per heavy atom. The zero-order chi connectivity index (χ0) is 8.10. The molecule has 0 saturated heterocycles. The van der Waals surface area contributed by atoms with Gasteiger partial charge in [-0.3, -0.25) is 0 Å². The number of allylic oxidation sites excluding steroid dienone is 2. The zero-order valence-electron chi connectivity index (χ0n) is 7.84. The van der Waals surface area contributed by atoms with Gasteiger partial charge in [-0.2, -0.15) is 0 Å². The number of hydrogen-bond donors (Lipinski definition) is 0. The van der Waals surface area contributed by atoms with Crippen LogP contribution in [0.3, 0.4) is 0 Å². The van der Waals surface area contributed by atoms with Crippen LogP contribution in [-0.4, -0.2) is 0 Å². The van der Waals surface area contributed by atoms with E-state index < -0.39 is 0 Å². The van der Waals surface area contributed by atoms with E-state index in [2.05, 4.69) is 26.0 Å². The normalized spacial score (nSPS) is 32.9. The van der Waals surface area contributed by atoms with E-state index in [0.29, 0.717) is 0 Å². The predicted octanol–water partition coefficient (Wildman–Crippen LogP) is 3.78. The molecular formula is C11H20. The summed E-state index contributed by atoms with van der Waals surface area (Å²) in [6.45, 7) is 4.60. The summed E-state index contributed by atoms with van der Waals surface area (Å²) in [4.78, 5) is 0. The van der Waals surface area contributed by atoms with Crippen molar-refractivity contribution in [1.82, 2.24) is 0 Å². The third kappa shape index (κ3) is 2.69. The van der Waals surface area contributed by atoms with Crippen LogP contribution in [0.25, 0.3) is 0 Å². The van der Waals surface area contributed by atoms with Crippen molar-refractivity contribution in [3.63, 3.8) is 0 Å². The Labute approximate surface area is 70.7 Å². The average molecular weight is 152 g/mol. The van der Waals surface area contributed by atoms with E-state index in [1.54, 1.807) is 0 Å². The fourth-order valence-corrected chi connectivity index (χ4v) is 1.94. The van der Waals surface area contributed by atoms with Gasteiger partial charge in [0.15, 0.2) is 0 Å². The zero-order valence-corrected chi connectivity index (χ0v) is 7.84. The maximum Gasteiger partial charge on any atom is -0.0208 e. The van der Waals surface area contributed by atoms with E-state index in [0.717, 1.165) is 11.8 Å². The molecule has 0 spiro atoms. The minimum absolute atomic E-state index is 0.892. The van der Waals surface area contributed by atoms with Crippen LogP contribution < -0.4 is 0 Å². The molecule has 1 aliphatic carbocycles. The van der Waals surface area contributed by atoms with Crippen molar-refractivity contribution < 1.29 is 0 Å². The Kier molecular flexibility index (Phi) is 3.68. The first-order valence-corrected chi connectivity index (χ1v) is 5.01. The fourth-order valence-electron chi connectivity index (χ4n) is 1.94.